The van der Waals surface area contributed by atoms with Crippen molar-refractivity contribution in [2.75, 3.05) is 27.8 Å². The molecule has 0 heterocycles. The average Bonchev–Trinajstić information content (AvgIpc) is 2.28. The molecule has 0 radical (unpaired) electrons. The first-order chi connectivity index (χ1) is 7.24. The average molecular weight is 209 g/mol. The van der Waals surface area contributed by atoms with E-state index >= 15 is 0 Å². The fourth-order valence-corrected chi connectivity index (χ4v) is 1.37. The lowest BCUT2D eigenvalue weighted by molar-refractivity contribution is 0.0987. The smallest absolute Gasteiger partial charge is 0.184 e. The standard InChI is InChI=1S/C11H15NO3/c1-12-7-8(13)11-9(14-2)5-4-6-10(11)15-3/h4-6,12H,7H2,1-3H3. The molecule has 0 aliphatic rings. The maximum Gasteiger partial charge on any atom is 0.184 e. The normalized spacial score (nSPS) is 9.80. The molecular formula is C11H15NO3. The molecule has 1 aromatic rings. The second-order valence-electron chi connectivity index (χ2n) is 2.99. The maximum absolute atomic E-state index is 11.8. The van der Waals surface area contributed by atoms with E-state index in [0.29, 0.717) is 17.1 Å². The van der Waals surface area contributed by atoms with Crippen LogP contribution in [0.4, 0.5) is 0 Å². The van der Waals surface area contributed by atoms with E-state index in [1.54, 1.807) is 25.2 Å². The van der Waals surface area contributed by atoms with Crippen molar-refractivity contribution in [2.24, 2.45) is 0 Å². The van der Waals surface area contributed by atoms with Gasteiger partial charge in [0.25, 0.3) is 0 Å². The minimum atomic E-state index is -0.0493. The Morgan fingerprint density at radius 1 is 1.27 bits per heavy atom. The largest absolute Gasteiger partial charge is 0.496 e. The molecule has 0 aliphatic carbocycles. The summed E-state index contributed by atoms with van der Waals surface area (Å²) >= 11 is 0. The maximum atomic E-state index is 11.8. The van der Waals surface area contributed by atoms with Gasteiger partial charge < -0.3 is 14.8 Å². The van der Waals surface area contributed by atoms with E-state index in [9.17, 15) is 4.79 Å². The zero-order valence-electron chi connectivity index (χ0n) is 9.16. The Balaban J connectivity index is 3.15. The highest BCUT2D eigenvalue weighted by Gasteiger charge is 2.16. The summed E-state index contributed by atoms with van der Waals surface area (Å²) in [4.78, 5) is 11.8. The summed E-state index contributed by atoms with van der Waals surface area (Å²) in [6.07, 6.45) is 0. The highest BCUT2D eigenvalue weighted by atomic mass is 16.5. The van der Waals surface area contributed by atoms with Crippen LogP contribution in [0.15, 0.2) is 18.2 Å². The first-order valence-corrected chi connectivity index (χ1v) is 4.63. The van der Waals surface area contributed by atoms with Crippen molar-refractivity contribution in [2.45, 2.75) is 0 Å². The van der Waals surface area contributed by atoms with Crippen molar-refractivity contribution in [3.8, 4) is 11.5 Å². The zero-order chi connectivity index (χ0) is 11.3. The van der Waals surface area contributed by atoms with Crippen LogP contribution in [-0.4, -0.2) is 33.6 Å². The third kappa shape index (κ3) is 2.47. The molecule has 0 aromatic heterocycles. The van der Waals surface area contributed by atoms with Gasteiger partial charge in [-0.05, 0) is 19.2 Å². The van der Waals surface area contributed by atoms with E-state index in [0.717, 1.165) is 0 Å². The second kappa shape index (κ2) is 5.36. The number of methoxy groups -OCH3 is 2. The van der Waals surface area contributed by atoms with E-state index < -0.39 is 0 Å². The molecule has 4 heteroatoms. The first kappa shape index (κ1) is 11.5. The summed E-state index contributed by atoms with van der Waals surface area (Å²) in [5.74, 6) is 1.02. The summed E-state index contributed by atoms with van der Waals surface area (Å²) in [6.45, 7) is 0.261. The predicted molar refractivity (Wildman–Crippen MR) is 57.8 cm³/mol. The van der Waals surface area contributed by atoms with Gasteiger partial charge in [-0.3, -0.25) is 4.79 Å². The highest BCUT2D eigenvalue weighted by molar-refractivity contribution is 6.02. The van der Waals surface area contributed by atoms with Gasteiger partial charge in [0.05, 0.1) is 20.8 Å². The molecule has 82 valence electrons. The van der Waals surface area contributed by atoms with Crippen molar-refractivity contribution < 1.29 is 14.3 Å². The lowest BCUT2D eigenvalue weighted by Gasteiger charge is -2.11. The van der Waals surface area contributed by atoms with Gasteiger partial charge in [0.2, 0.25) is 0 Å². The SMILES string of the molecule is CNCC(=O)c1c(OC)cccc1OC. The molecule has 0 fully saturated rings. The first-order valence-electron chi connectivity index (χ1n) is 4.63. The Kier molecular flexibility index (Phi) is 4.12. The number of nitrogens with one attached hydrogen (secondary N) is 1. The van der Waals surface area contributed by atoms with Gasteiger partial charge in [0.15, 0.2) is 5.78 Å². The molecule has 0 amide bonds. The van der Waals surface area contributed by atoms with Gasteiger partial charge in [-0.2, -0.15) is 0 Å². The summed E-state index contributed by atoms with van der Waals surface area (Å²) in [7, 11) is 4.79. The zero-order valence-corrected chi connectivity index (χ0v) is 9.16. The van der Waals surface area contributed by atoms with Crippen molar-refractivity contribution in [3.63, 3.8) is 0 Å². The van der Waals surface area contributed by atoms with Crippen LogP contribution in [0.1, 0.15) is 10.4 Å². The summed E-state index contributed by atoms with van der Waals surface area (Å²) < 4.78 is 10.3. The molecule has 1 aromatic carbocycles. The second-order valence-corrected chi connectivity index (χ2v) is 2.99. The minimum absolute atomic E-state index is 0.0493. The summed E-state index contributed by atoms with van der Waals surface area (Å²) in [5, 5.41) is 2.81. The Bertz CT molecular complexity index is 327. The topological polar surface area (TPSA) is 47.6 Å². The molecule has 0 unspecified atom stereocenters. The van der Waals surface area contributed by atoms with Crippen LogP contribution in [0.25, 0.3) is 0 Å². The number of ether oxygens (including phenoxy) is 2. The van der Waals surface area contributed by atoms with Crippen molar-refractivity contribution >= 4 is 5.78 Å². The Morgan fingerprint density at radius 2 is 1.80 bits per heavy atom. The minimum Gasteiger partial charge on any atom is -0.496 e. The van der Waals surface area contributed by atoms with E-state index in [-0.39, 0.29) is 12.3 Å². The van der Waals surface area contributed by atoms with Gasteiger partial charge in [-0.25, -0.2) is 0 Å². The number of ketones is 1. The van der Waals surface area contributed by atoms with Crippen LogP contribution in [0.2, 0.25) is 0 Å². The number of likely N-dealkylation sites (N-methyl/N-ethyl adjacent to an activating group) is 1. The number of hydrogen-bond acceptors (Lipinski definition) is 4. The van der Waals surface area contributed by atoms with E-state index in [4.69, 9.17) is 9.47 Å². The molecule has 0 bridgehead atoms. The molecule has 0 atom stereocenters. The molecule has 1 rings (SSSR count). The quantitative estimate of drug-likeness (QED) is 0.738. The van der Waals surface area contributed by atoms with Crippen molar-refractivity contribution in [1.82, 2.24) is 5.32 Å². The summed E-state index contributed by atoms with van der Waals surface area (Å²) in [6, 6.07) is 5.27. The molecular weight excluding hydrogens is 194 g/mol. The summed E-state index contributed by atoms with van der Waals surface area (Å²) in [5.41, 5.74) is 0.483. The number of Topliss-reactive ketones (excluding diaryl/α,β-unsaturated/α-hetero) is 1. The lowest BCUT2D eigenvalue weighted by Crippen LogP contribution is -2.19. The fourth-order valence-electron chi connectivity index (χ4n) is 1.37. The fraction of sp³-hybridized carbons (Fsp3) is 0.364. The van der Waals surface area contributed by atoms with Crippen LogP contribution in [0.3, 0.4) is 0 Å². The van der Waals surface area contributed by atoms with E-state index in [1.165, 1.54) is 14.2 Å². The monoisotopic (exact) mass is 209 g/mol. The predicted octanol–water partition coefficient (Wildman–Crippen LogP) is 1.11. The number of hydrogen-bond donors (Lipinski definition) is 1. The third-order valence-corrected chi connectivity index (χ3v) is 2.04. The van der Waals surface area contributed by atoms with E-state index in [2.05, 4.69) is 5.32 Å². The van der Waals surface area contributed by atoms with Crippen LogP contribution in [-0.2, 0) is 0 Å². The van der Waals surface area contributed by atoms with Crippen LogP contribution >= 0.6 is 0 Å². The lowest BCUT2D eigenvalue weighted by atomic mass is 10.1. The van der Waals surface area contributed by atoms with E-state index in [1.807, 2.05) is 0 Å². The molecule has 0 saturated heterocycles. The van der Waals surface area contributed by atoms with Gasteiger partial charge in [0.1, 0.15) is 17.1 Å². The Morgan fingerprint density at radius 3 is 2.20 bits per heavy atom. The number of benzene rings is 1. The van der Waals surface area contributed by atoms with Crippen LogP contribution in [0, 0.1) is 0 Å². The van der Waals surface area contributed by atoms with Gasteiger partial charge >= 0.3 is 0 Å². The number of carbonyl (C=O) groups is 1. The Hall–Kier alpha value is -1.55. The van der Waals surface area contributed by atoms with Crippen LogP contribution < -0.4 is 14.8 Å². The Labute approximate surface area is 89.2 Å². The van der Waals surface area contributed by atoms with Crippen molar-refractivity contribution in [3.05, 3.63) is 23.8 Å². The third-order valence-electron chi connectivity index (χ3n) is 2.04. The van der Waals surface area contributed by atoms with Crippen molar-refractivity contribution in [1.29, 1.82) is 0 Å². The van der Waals surface area contributed by atoms with Gasteiger partial charge in [-0.1, -0.05) is 6.07 Å². The molecule has 0 saturated carbocycles. The molecule has 0 spiro atoms. The molecule has 0 aliphatic heterocycles. The van der Waals surface area contributed by atoms with Crippen LogP contribution in [0.5, 0.6) is 11.5 Å². The van der Waals surface area contributed by atoms with Gasteiger partial charge in [0, 0.05) is 0 Å². The molecule has 4 nitrogen and oxygen atoms in total. The molecule has 1 N–H and O–H groups in total. The van der Waals surface area contributed by atoms with Gasteiger partial charge in [-0.15, -0.1) is 0 Å². The highest BCUT2D eigenvalue weighted by Crippen LogP contribution is 2.28. The number of rotatable bonds is 5. The number of carbonyl (C=O) groups excluding carboxylic acids is 1. The molecule has 15 heavy (non-hydrogen) atoms.